The van der Waals surface area contributed by atoms with E-state index in [-0.39, 0.29) is 24.6 Å². The molecule has 2 fully saturated rings. The number of nitrogens with one attached hydrogen (secondary N) is 1. The lowest BCUT2D eigenvalue weighted by Crippen LogP contribution is -2.49. The Morgan fingerprint density at radius 1 is 1.04 bits per heavy atom. The van der Waals surface area contributed by atoms with Crippen LogP contribution in [0.5, 0.6) is 11.5 Å². The van der Waals surface area contributed by atoms with Crippen molar-refractivity contribution in [2.24, 2.45) is 0 Å². The summed E-state index contributed by atoms with van der Waals surface area (Å²) >= 11 is 0. The molecular weight excluding hydrogens is 346 g/mol. The molecule has 7 nitrogen and oxygen atoms in total. The van der Waals surface area contributed by atoms with E-state index in [2.05, 4.69) is 5.32 Å². The molecule has 1 aromatic carbocycles. The van der Waals surface area contributed by atoms with Gasteiger partial charge in [-0.2, -0.15) is 0 Å². The van der Waals surface area contributed by atoms with Gasteiger partial charge >= 0.3 is 6.03 Å². The van der Waals surface area contributed by atoms with Crippen LogP contribution < -0.4 is 14.8 Å². The molecule has 0 unspecified atom stereocenters. The van der Waals surface area contributed by atoms with Crippen molar-refractivity contribution in [3.63, 3.8) is 0 Å². The largest absolute Gasteiger partial charge is 0.490 e. The second-order valence-corrected chi connectivity index (χ2v) is 6.93. The third kappa shape index (κ3) is 5.28. The highest BCUT2D eigenvalue weighted by Crippen LogP contribution is 2.29. The summed E-state index contributed by atoms with van der Waals surface area (Å²) in [5, 5.41) is 2.75. The van der Waals surface area contributed by atoms with E-state index < -0.39 is 0 Å². The minimum absolute atomic E-state index is 0.00611. The van der Waals surface area contributed by atoms with E-state index in [9.17, 15) is 9.59 Å². The zero-order valence-electron chi connectivity index (χ0n) is 16.0. The number of piperidine rings is 1. The molecule has 27 heavy (non-hydrogen) atoms. The van der Waals surface area contributed by atoms with Crippen molar-refractivity contribution >= 4 is 11.9 Å². The van der Waals surface area contributed by atoms with Gasteiger partial charge in [-0.1, -0.05) is 12.1 Å². The second-order valence-electron chi connectivity index (χ2n) is 6.93. The molecule has 0 aliphatic carbocycles. The molecule has 7 heteroatoms. The van der Waals surface area contributed by atoms with Gasteiger partial charge in [0, 0.05) is 39.0 Å². The third-order valence-electron chi connectivity index (χ3n) is 5.02. The summed E-state index contributed by atoms with van der Waals surface area (Å²) in [6.07, 6.45) is 3.68. The van der Waals surface area contributed by atoms with Crippen LogP contribution >= 0.6 is 0 Å². The van der Waals surface area contributed by atoms with E-state index in [1.807, 2.05) is 36.1 Å². The maximum absolute atomic E-state index is 12.3. The lowest BCUT2D eigenvalue weighted by molar-refractivity contribution is -0.129. The summed E-state index contributed by atoms with van der Waals surface area (Å²) in [5.41, 5.74) is 0. The van der Waals surface area contributed by atoms with Crippen LogP contribution in [0.3, 0.4) is 0 Å². The Morgan fingerprint density at radius 3 is 2.37 bits per heavy atom. The molecule has 0 aromatic heterocycles. The topological polar surface area (TPSA) is 71.1 Å². The van der Waals surface area contributed by atoms with Gasteiger partial charge in [-0.05, 0) is 31.9 Å². The number of likely N-dealkylation sites (tertiary alicyclic amines) is 2. The van der Waals surface area contributed by atoms with Gasteiger partial charge in [0.2, 0.25) is 5.91 Å². The molecule has 0 atom stereocenters. The average Bonchev–Trinajstić information content (AvgIpc) is 3.23. The van der Waals surface area contributed by atoms with Crippen molar-refractivity contribution in [2.45, 2.75) is 38.7 Å². The summed E-state index contributed by atoms with van der Waals surface area (Å²) in [5.74, 6) is 1.51. The summed E-state index contributed by atoms with van der Waals surface area (Å²) in [6.45, 7) is 5.46. The predicted octanol–water partition coefficient (Wildman–Crippen LogP) is 2.26. The zero-order chi connectivity index (χ0) is 19.1. The molecule has 2 saturated heterocycles. The molecule has 0 radical (unpaired) electrons. The van der Waals surface area contributed by atoms with Gasteiger partial charge in [-0.15, -0.1) is 0 Å². The highest BCUT2D eigenvalue weighted by atomic mass is 16.5. The fourth-order valence-electron chi connectivity index (χ4n) is 3.52. The fraction of sp³-hybridized carbons (Fsp3) is 0.600. The highest BCUT2D eigenvalue weighted by Gasteiger charge is 2.25. The van der Waals surface area contributed by atoms with E-state index in [1.54, 1.807) is 4.90 Å². The highest BCUT2D eigenvalue weighted by molar-refractivity contribution is 5.84. The minimum atomic E-state index is -0.171. The molecule has 0 spiro atoms. The molecule has 148 valence electrons. The number of carbonyl (C=O) groups excluding carboxylic acids is 2. The van der Waals surface area contributed by atoms with Crippen molar-refractivity contribution in [1.82, 2.24) is 15.1 Å². The lowest BCUT2D eigenvalue weighted by atomic mass is 10.1. The van der Waals surface area contributed by atoms with Gasteiger partial charge in [-0.3, -0.25) is 4.79 Å². The quantitative estimate of drug-likeness (QED) is 0.828. The van der Waals surface area contributed by atoms with Gasteiger partial charge in [0.05, 0.1) is 13.2 Å². The van der Waals surface area contributed by atoms with Crippen molar-refractivity contribution in [1.29, 1.82) is 0 Å². The molecule has 3 amide bonds. The first-order valence-corrected chi connectivity index (χ1v) is 9.86. The molecule has 2 aliphatic heterocycles. The van der Waals surface area contributed by atoms with Gasteiger partial charge in [-0.25, -0.2) is 4.79 Å². The number of amides is 3. The molecule has 1 aromatic rings. The van der Waals surface area contributed by atoms with Crippen LogP contribution in [0.25, 0.3) is 0 Å². The first-order valence-electron chi connectivity index (χ1n) is 9.86. The Morgan fingerprint density at radius 2 is 1.70 bits per heavy atom. The minimum Gasteiger partial charge on any atom is -0.490 e. The van der Waals surface area contributed by atoms with Crippen LogP contribution in [0.4, 0.5) is 4.79 Å². The standard InChI is InChI=1S/C20H29N3O4/c1-2-26-17-7-3-4-8-18(17)27-16-9-13-23(14-10-16)20(25)21-15-19(24)22-11-5-6-12-22/h3-4,7-8,16H,2,5-6,9-15H2,1H3,(H,21,25). The van der Waals surface area contributed by atoms with Crippen molar-refractivity contribution in [3.05, 3.63) is 24.3 Å². The number of rotatable bonds is 6. The van der Waals surface area contributed by atoms with E-state index >= 15 is 0 Å². The van der Waals surface area contributed by atoms with Crippen molar-refractivity contribution in [3.8, 4) is 11.5 Å². The van der Waals surface area contributed by atoms with E-state index in [4.69, 9.17) is 9.47 Å². The Hall–Kier alpha value is -2.44. The number of nitrogens with zero attached hydrogens (tertiary/aromatic N) is 2. The SMILES string of the molecule is CCOc1ccccc1OC1CCN(C(=O)NCC(=O)N2CCCC2)CC1. The molecule has 1 N–H and O–H groups in total. The van der Waals surface area contributed by atoms with Crippen LogP contribution in [0.1, 0.15) is 32.6 Å². The molecule has 3 rings (SSSR count). The Kier molecular flexibility index (Phi) is 6.79. The number of hydrogen-bond donors (Lipinski definition) is 1. The van der Waals surface area contributed by atoms with Crippen LogP contribution in [-0.4, -0.2) is 67.2 Å². The van der Waals surface area contributed by atoms with Crippen LogP contribution in [0.15, 0.2) is 24.3 Å². The first-order chi connectivity index (χ1) is 13.2. The van der Waals surface area contributed by atoms with Crippen LogP contribution in [0.2, 0.25) is 0 Å². The van der Waals surface area contributed by atoms with Crippen molar-refractivity contribution in [2.75, 3.05) is 39.3 Å². The predicted molar refractivity (Wildman–Crippen MR) is 102 cm³/mol. The maximum atomic E-state index is 12.3. The molecule has 2 heterocycles. The first kappa shape index (κ1) is 19.3. The second kappa shape index (κ2) is 9.48. The maximum Gasteiger partial charge on any atom is 0.317 e. The van der Waals surface area contributed by atoms with Gasteiger partial charge in [0.25, 0.3) is 0 Å². The molecule has 0 saturated carbocycles. The fourth-order valence-corrected chi connectivity index (χ4v) is 3.52. The zero-order valence-corrected chi connectivity index (χ0v) is 16.0. The van der Waals surface area contributed by atoms with Gasteiger partial charge < -0.3 is 24.6 Å². The third-order valence-corrected chi connectivity index (χ3v) is 5.02. The Balaban J connectivity index is 1.42. The van der Waals surface area contributed by atoms with Crippen molar-refractivity contribution < 1.29 is 19.1 Å². The lowest BCUT2D eigenvalue weighted by Gasteiger charge is -2.32. The molecule has 2 aliphatic rings. The summed E-state index contributed by atoms with van der Waals surface area (Å²) in [6, 6.07) is 7.49. The number of carbonyl (C=O) groups is 2. The summed E-state index contributed by atoms with van der Waals surface area (Å²) in [4.78, 5) is 27.9. The number of benzene rings is 1. The number of para-hydroxylation sites is 2. The number of hydrogen-bond acceptors (Lipinski definition) is 4. The molecule has 0 bridgehead atoms. The monoisotopic (exact) mass is 375 g/mol. The average molecular weight is 375 g/mol. The summed E-state index contributed by atoms with van der Waals surface area (Å²) < 4.78 is 11.7. The van der Waals surface area contributed by atoms with Crippen LogP contribution in [-0.2, 0) is 4.79 Å². The number of ether oxygens (including phenoxy) is 2. The van der Waals surface area contributed by atoms with Gasteiger partial charge in [0.15, 0.2) is 11.5 Å². The smallest absolute Gasteiger partial charge is 0.317 e. The summed E-state index contributed by atoms with van der Waals surface area (Å²) in [7, 11) is 0. The number of urea groups is 1. The van der Waals surface area contributed by atoms with Gasteiger partial charge in [0.1, 0.15) is 6.10 Å². The van der Waals surface area contributed by atoms with E-state index in [1.165, 1.54) is 0 Å². The normalized spacial score (nSPS) is 17.7. The Bertz CT molecular complexity index is 638. The van der Waals surface area contributed by atoms with E-state index in [0.717, 1.165) is 50.3 Å². The van der Waals surface area contributed by atoms with E-state index in [0.29, 0.717) is 19.7 Å². The van der Waals surface area contributed by atoms with Crippen LogP contribution in [0, 0.1) is 0 Å². The molecular formula is C20H29N3O4. The Labute approximate surface area is 160 Å².